The summed E-state index contributed by atoms with van der Waals surface area (Å²) in [7, 11) is 0. The molecule has 0 atom stereocenters. The third kappa shape index (κ3) is 5.42. The molecule has 1 aromatic carbocycles. The number of non-ortho nitro benzene ring substituents is 1. The van der Waals surface area contributed by atoms with Gasteiger partial charge in [-0.2, -0.15) is 0 Å². The average molecular weight is 351 g/mol. The van der Waals surface area contributed by atoms with Crippen molar-refractivity contribution in [2.45, 2.75) is 31.8 Å². The van der Waals surface area contributed by atoms with Crippen molar-refractivity contribution >= 4 is 17.6 Å². The minimum atomic E-state index is -0.856. The molecule has 1 aliphatic rings. The lowest BCUT2D eigenvalue weighted by atomic mass is 9.85. The van der Waals surface area contributed by atoms with Crippen LogP contribution < -0.4 is 10.1 Å². The Balaban J connectivity index is 1.69. The standard InChI is InChI=1S/C16H21N3O6/c1-2-18(9-16(21)22)13-7-11(8-13)17-15(20)10-25-14-5-3-12(4-6-14)19(23)24/h3-6,11,13H,2,7-10H2,1H3,(H,17,20)(H,21,22). The Hall–Kier alpha value is -2.68. The first kappa shape index (κ1) is 18.7. The van der Waals surface area contributed by atoms with Gasteiger partial charge in [0.05, 0.1) is 11.5 Å². The molecule has 0 aromatic heterocycles. The van der Waals surface area contributed by atoms with Crippen molar-refractivity contribution in [3.63, 3.8) is 0 Å². The van der Waals surface area contributed by atoms with E-state index in [0.29, 0.717) is 25.1 Å². The number of nitro benzene ring substituents is 1. The minimum Gasteiger partial charge on any atom is -0.484 e. The Morgan fingerprint density at radius 1 is 1.36 bits per heavy atom. The number of nitrogens with zero attached hydrogens (tertiary/aromatic N) is 2. The van der Waals surface area contributed by atoms with Gasteiger partial charge in [0.25, 0.3) is 11.6 Å². The van der Waals surface area contributed by atoms with Crippen LogP contribution in [0.5, 0.6) is 5.75 Å². The molecule has 1 fully saturated rings. The van der Waals surface area contributed by atoms with Gasteiger partial charge in [-0.05, 0) is 31.5 Å². The molecule has 136 valence electrons. The summed E-state index contributed by atoms with van der Waals surface area (Å²) < 4.78 is 5.30. The van der Waals surface area contributed by atoms with Crippen LogP contribution in [0.1, 0.15) is 19.8 Å². The molecular weight excluding hydrogens is 330 g/mol. The topological polar surface area (TPSA) is 122 Å². The molecule has 9 nitrogen and oxygen atoms in total. The molecular formula is C16H21N3O6. The number of hydrogen-bond donors (Lipinski definition) is 2. The maximum absolute atomic E-state index is 11.9. The van der Waals surface area contributed by atoms with E-state index in [1.54, 1.807) is 0 Å². The molecule has 2 rings (SSSR count). The number of carboxylic acids is 1. The fourth-order valence-corrected chi connectivity index (χ4v) is 2.76. The number of benzene rings is 1. The fraction of sp³-hybridized carbons (Fsp3) is 0.500. The lowest BCUT2D eigenvalue weighted by molar-refractivity contribution is -0.384. The smallest absolute Gasteiger partial charge is 0.317 e. The molecule has 1 aromatic rings. The van der Waals surface area contributed by atoms with Crippen molar-refractivity contribution in [3.05, 3.63) is 34.4 Å². The molecule has 0 bridgehead atoms. The van der Waals surface area contributed by atoms with Gasteiger partial charge in [-0.1, -0.05) is 6.92 Å². The number of carbonyl (C=O) groups excluding carboxylic acids is 1. The molecule has 0 aliphatic heterocycles. The highest BCUT2D eigenvalue weighted by molar-refractivity contribution is 5.78. The van der Waals surface area contributed by atoms with E-state index in [0.717, 1.165) is 0 Å². The van der Waals surface area contributed by atoms with E-state index < -0.39 is 10.9 Å². The van der Waals surface area contributed by atoms with E-state index in [1.165, 1.54) is 24.3 Å². The minimum absolute atomic E-state index is 0.00505. The Labute approximate surface area is 144 Å². The van der Waals surface area contributed by atoms with E-state index in [-0.39, 0.29) is 36.8 Å². The summed E-state index contributed by atoms with van der Waals surface area (Å²) in [5, 5.41) is 22.2. The number of amides is 1. The maximum atomic E-state index is 11.9. The van der Waals surface area contributed by atoms with Crippen LogP contribution >= 0.6 is 0 Å². The van der Waals surface area contributed by atoms with E-state index in [4.69, 9.17) is 9.84 Å². The zero-order chi connectivity index (χ0) is 18.4. The Morgan fingerprint density at radius 3 is 2.52 bits per heavy atom. The van der Waals surface area contributed by atoms with Crippen LogP contribution in [0, 0.1) is 10.1 Å². The number of nitrogens with one attached hydrogen (secondary N) is 1. The average Bonchev–Trinajstić information content (AvgIpc) is 2.54. The Morgan fingerprint density at radius 2 is 2.00 bits per heavy atom. The van der Waals surface area contributed by atoms with Gasteiger partial charge in [-0.15, -0.1) is 0 Å². The van der Waals surface area contributed by atoms with Crippen LogP contribution in [-0.2, 0) is 9.59 Å². The second-order valence-electron chi connectivity index (χ2n) is 5.89. The van der Waals surface area contributed by atoms with Crippen LogP contribution in [0.2, 0.25) is 0 Å². The van der Waals surface area contributed by atoms with Gasteiger partial charge in [0.2, 0.25) is 0 Å². The van der Waals surface area contributed by atoms with Gasteiger partial charge in [0, 0.05) is 24.2 Å². The van der Waals surface area contributed by atoms with Crippen LogP contribution in [-0.4, -0.2) is 58.6 Å². The number of carboxylic acid groups (broad SMARTS) is 1. The predicted octanol–water partition coefficient (Wildman–Crippen LogP) is 1.03. The molecule has 9 heteroatoms. The second-order valence-corrected chi connectivity index (χ2v) is 5.89. The monoisotopic (exact) mass is 351 g/mol. The third-order valence-corrected chi connectivity index (χ3v) is 4.16. The predicted molar refractivity (Wildman–Crippen MR) is 88.4 cm³/mol. The summed E-state index contributed by atoms with van der Waals surface area (Å²) in [5.41, 5.74) is -0.0425. The van der Waals surface area contributed by atoms with Gasteiger partial charge < -0.3 is 15.2 Å². The Kier molecular flexibility index (Phi) is 6.29. The van der Waals surface area contributed by atoms with Gasteiger partial charge in [-0.3, -0.25) is 24.6 Å². The van der Waals surface area contributed by atoms with Crippen molar-refractivity contribution < 1.29 is 24.4 Å². The number of hydrogen-bond acceptors (Lipinski definition) is 6. The molecule has 1 amide bonds. The van der Waals surface area contributed by atoms with Gasteiger partial charge >= 0.3 is 5.97 Å². The van der Waals surface area contributed by atoms with Crippen molar-refractivity contribution in [2.75, 3.05) is 19.7 Å². The number of ether oxygens (including phenoxy) is 1. The van der Waals surface area contributed by atoms with E-state index in [2.05, 4.69) is 5.32 Å². The SMILES string of the molecule is CCN(CC(=O)O)C1CC(NC(=O)COc2ccc([N+](=O)[O-])cc2)C1. The molecule has 2 N–H and O–H groups in total. The summed E-state index contributed by atoms with van der Waals surface area (Å²) in [5.74, 6) is -0.750. The van der Waals surface area contributed by atoms with Crippen LogP contribution in [0.4, 0.5) is 5.69 Å². The van der Waals surface area contributed by atoms with Crippen LogP contribution in [0.25, 0.3) is 0 Å². The molecule has 25 heavy (non-hydrogen) atoms. The summed E-state index contributed by atoms with van der Waals surface area (Å²) in [6, 6.07) is 5.69. The molecule has 0 saturated heterocycles. The summed E-state index contributed by atoms with van der Waals surface area (Å²) in [6.07, 6.45) is 1.43. The van der Waals surface area contributed by atoms with E-state index in [1.807, 2.05) is 11.8 Å². The lowest BCUT2D eigenvalue weighted by Gasteiger charge is -2.42. The number of carbonyl (C=O) groups is 2. The summed E-state index contributed by atoms with van der Waals surface area (Å²) >= 11 is 0. The summed E-state index contributed by atoms with van der Waals surface area (Å²) in [6.45, 7) is 2.39. The lowest BCUT2D eigenvalue weighted by Crippen LogP contribution is -2.55. The first-order valence-corrected chi connectivity index (χ1v) is 8.01. The van der Waals surface area contributed by atoms with Gasteiger partial charge in [-0.25, -0.2) is 0 Å². The number of rotatable bonds is 9. The van der Waals surface area contributed by atoms with E-state index in [9.17, 15) is 19.7 Å². The van der Waals surface area contributed by atoms with Crippen LogP contribution in [0.15, 0.2) is 24.3 Å². The molecule has 0 spiro atoms. The highest BCUT2D eigenvalue weighted by Crippen LogP contribution is 2.25. The highest BCUT2D eigenvalue weighted by atomic mass is 16.6. The maximum Gasteiger partial charge on any atom is 0.317 e. The number of nitro groups is 1. The normalized spacial score (nSPS) is 19.1. The molecule has 0 heterocycles. The molecule has 0 unspecified atom stereocenters. The van der Waals surface area contributed by atoms with Crippen molar-refractivity contribution in [3.8, 4) is 5.75 Å². The highest BCUT2D eigenvalue weighted by Gasteiger charge is 2.34. The van der Waals surface area contributed by atoms with Crippen molar-refractivity contribution in [1.82, 2.24) is 10.2 Å². The van der Waals surface area contributed by atoms with Crippen molar-refractivity contribution in [1.29, 1.82) is 0 Å². The zero-order valence-electron chi connectivity index (χ0n) is 13.9. The quantitative estimate of drug-likeness (QED) is 0.503. The van der Waals surface area contributed by atoms with Gasteiger partial charge in [0.15, 0.2) is 6.61 Å². The van der Waals surface area contributed by atoms with Crippen molar-refractivity contribution in [2.24, 2.45) is 0 Å². The van der Waals surface area contributed by atoms with Crippen LogP contribution in [0.3, 0.4) is 0 Å². The fourth-order valence-electron chi connectivity index (χ4n) is 2.76. The molecule has 1 saturated carbocycles. The summed E-state index contributed by atoms with van der Waals surface area (Å²) in [4.78, 5) is 34.6. The third-order valence-electron chi connectivity index (χ3n) is 4.16. The second kappa shape index (κ2) is 8.43. The first-order chi connectivity index (χ1) is 11.9. The van der Waals surface area contributed by atoms with E-state index >= 15 is 0 Å². The zero-order valence-corrected chi connectivity index (χ0v) is 13.9. The number of likely N-dealkylation sites (N-methyl/N-ethyl adjacent to an activating group) is 1. The number of aliphatic carboxylic acids is 1. The van der Waals surface area contributed by atoms with Gasteiger partial charge in [0.1, 0.15) is 5.75 Å². The Bertz CT molecular complexity index is 627. The molecule has 0 radical (unpaired) electrons. The molecule has 1 aliphatic carbocycles. The first-order valence-electron chi connectivity index (χ1n) is 8.01. The largest absolute Gasteiger partial charge is 0.484 e.